The van der Waals surface area contributed by atoms with E-state index in [-0.39, 0.29) is 18.4 Å². The Kier molecular flexibility index (Phi) is 6.47. The van der Waals surface area contributed by atoms with Crippen LogP contribution in [0.5, 0.6) is 0 Å². The van der Waals surface area contributed by atoms with Crippen molar-refractivity contribution in [2.75, 3.05) is 16.8 Å². The molecule has 1 aliphatic rings. The Balaban J connectivity index is 1.95. The molecule has 1 aromatic rings. The van der Waals surface area contributed by atoms with Gasteiger partial charge in [-0.3, -0.25) is 14.4 Å². The molecule has 0 atom stereocenters. The maximum absolute atomic E-state index is 12.5. The molecule has 1 fully saturated rings. The summed E-state index contributed by atoms with van der Waals surface area (Å²) in [5.41, 5.74) is 0.234. The molecule has 2 rings (SSSR count). The highest BCUT2D eigenvalue weighted by Crippen LogP contribution is 2.35. The van der Waals surface area contributed by atoms with Gasteiger partial charge in [-0.2, -0.15) is 11.8 Å². The van der Waals surface area contributed by atoms with Gasteiger partial charge in [-0.1, -0.05) is 26.0 Å². The summed E-state index contributed by atoms with van der Waals surface area (Å²) in [6, 6.07) is 7.15. The zero-order chi connectivity index (χ0) is 18.4. The van der Waals surface area contributed by atoms with Crippen LogP contribution in [0, 0.1) is 11.3 Å². The van der Waals surface area contributed by atoms with Gasteiger partial charge < -0.3 is 15.7 Å². The lowest BCUT2D eigenvalue weighted by Crippen LogP contribution is -2.48. The van der Waals surface area contributed by atoms with Crippen molar-refractivity contribution in [3.05, 3.63) is 29.8 Å². The van der Waals surface area contributed by atoms with Gasteiger partial charge in [0, 0.05) is 18.2 Å². The van der Waals surface area contributed by atoms with Crippen molar-refractivity contribution >= 4 is 35.2 Å². The van der Waals surface area contributed by atoms with Crippen molar-refractivity contribution in [2.24, 2.45) is 11.3 Å². The molecular formula is C18H24N2O4S. The van der Waals surface area contributed by atoms with E-state index in [1.165, 1.54) is 0 Å². The van der Waals surface area contributed by atoms with Crippen LogP contribution in [0.25, 0.3) is 0 Å². The van der Waals surface area contributed by atoms with Crippen LogP contribution >= 0.6 is 11.8 Å². The molecule has 1 aromatic carbocycles. The molecule has 0 unspecified atom stereocenters. The fourth-order valence-electron chi connectivity index (χ4n) is 2.60. The number of hydrogen-bond acceptors (Lipinski definition) is 4. The van der Waals surface area contributed by atoms with Crippen molar-refractivity contribution in [1.29, 1.82) is 0 Å². The number of amides is 2. The van der Waals surface area contributed by atoms with Gasteiger partial charge in [-0.15, -0.1) is 0 Å². The van der Waals surface area contributed by atoms with Crippen LogP contribution in [0.15, 0.2) is 24.3 Å². The van der Waals surface area contributed by atoms with Gasteiger partial charge in [-0.05, 0) is 42.0 Å². The summed E-state index contributed by atoms with van der Waals surface area (Å²) in [6.07, 6.45) is 0.720. The highest BCUT2D eigenvalue weighted by molar-refractivity contribution is 7.99. The number of benzene rings is 1. The first-order valence-electron chi connectivity index (χ1n) is 8.34. The van der Waals surface area contributed by atoms with Gasteiger partial charge in [0.05, 0.1) is 0 Å². The number of carboxylic acid groups (broad SMARTS) is 1. The third kappa shape index (κ3) is 4.75. The van der Waals surface area contributed by atoms with E-state index in [0.29, 0.717) is 30.0 Å². The lowest BCUT2D eigenvalue weighted by Gasteiger charge is -2.31. The number of carbonyl (C=O) groups excluding carboxylic acids is 2. The van der Waals surface area contributed by atoms with Crippen molar-refractivity contribution in [2.45, 2.75) is 33.2 Å². The molecule has 7 heteroatoms. The molecule has 1 aliphatic heterocycles. The smallest absolute Gasteiger partial charge is 0.319 e. The molecule has 0 spiro atoms. The predicted molar refractivity (Wildman–Crippen MR) is 98.4 cm³/mol. The first-order valence-corrected chi connectivity index (χ1v) is 9.50. The topological polar surface area (TPSA) is 95.5 Å². The zero-order valence-electron chi connectivity index (χ0n) is 14.5. The molecule has 0 radical (unpaired) electrons. The van der Waals surface area contributed by atoms with Crippen LogP contribution in [0.3, 0.4) is 0 Å². The summed E-state index contributed by atoms with van der Waals surface area (Å²) in [5, 5.41) is 15.1. The number of aliphatic carboxylic acids is 1. The van der Waals surface area contributed by atoms with E-state index >= 15 is 0 Å². The SMILES string of the molecule is CC(C)C(=O)Nc1ccc(CNC(=O)C2(C(=O)O)CCSCC2)cc1. The average molecular weight is 364 g/mol. The lowest BCUT2D eigenvalue weighted by atomic mass is 9.81. The summed E-state index contributed by atoms with van der Waals surface area (Å²) >= 11 is 1.68. The van der Waals surface area contributed by atoms with Crippen LogP contribution in [0.4, 0.5) is 5.69 Å². The largest absolute Gasteiger partial charge is 0.480 e. The van der Waals surface area contributed by atoms with Crippen LogP contribution < -0.4 is 10.6 Å². The highest BCUT2D eigenvalue weighted by atomic mass is 32.2. The standard InChI is InChI=1S/C18H24N2O4S/c1-12(2)15(21)20-14-5-3-13(4-6-14)11-19-16(22)18(17(23)24)7-9-25-10-8-18/h3-6,12H,7-11H2,1-2H3,(H,19,22)(H,20,21)(H,23,24). The van der Waals surface area contributed by atoms with E-state index in [4.69, 9.17) is 0 Å². The van der Waals surface area contributed by atoms with Gasteiger partial charge in [0.2, 0.25) is 11.8 Å². The Hall–Kier alpha value is -2.02. The lowest BCUT2D eigenvalue weighted by molar-refractivity contribution is -0.156. The molecule has 3 N–H and O–H groups in total. The van der Waals surface area contributed by atoms with Crippen molar-refractivity contribution in [3.8, 4) is 0 Å². The average Bonchev–Trinajstić information content (AvgIpc) is 2.61. The molecule has 0 saturated carbocycles. The molecule has 1 heterocycles. The van der Waals surface area contributed by atoms with E-state index in [1.807, 2.05) is 13.8 Å². The van der Waals surface area contributed by atoms with Crippen molar-refractivity contribution < 1.29 is 19.5 Å². The molecule has 0 aliphatic carbocycles. The van der Waals surface area contributed by atoms with Crippen LogP contribution in [-0.2, 0) is 20.9 Å². The zero-order valence-corrected chi connectivity index (χ0v) is 15.3. The van der Waals surface area contributed by atoms with Gasteiger partial charge in [0.1, 0.15) is 5.41 Å². The first-order chi connectivity index (χ1) is 11.8. The number of nitrogens with one attached hydrogen (secondary N) is 2. The van der Waals surface area contributed by atoms with E-state index in [9.17, 15) is 19.5 Å². The number of carbonyl (C=O) groups is 3. The van der Waals surface area contributed by atoms with E-state index in [2.05, 4.69) is 10.6 Å². The number of anilines is 1. The fourth-order valence-corrected chi connectivity index (χ4v) is 3.79. The molecular weight excluding hydrogens is 340 g/mol. The van der Waals surface area contributed by atoms with Crippen molar-refractivity contribution in [3.63, 3.8) is 0 Å². The molecule has 6 nitrogen and oxygen atoms in total. The summed E-state index contributed by atoms with van der Waals surface area (Å²) in [4.78, 5) is 35.7. The Labute approximate surface area is 151 Å². The predicted octanol–water partition coefficient (Wildman–Crippen LogP) is 2.50. The number of hydrogen-bond donors (Lipinski definition) is 3. The fraction of sp³-hybridized carbons (Fsp3) is 0.500. The molecule has 2 amide bonds. The third-order valence-corrected chi connectivity index (χ3v) is 5.37. The van der Waals surface area contributed by atoms with Crippen molar-refractivity contribution in [1.82, 2.24) is 5.32 Å². The second kappa shape index (κ2) is 8.38. The maximum atomic E-state index is 12.5. The van der Waals surface area contributed by atoms with E-state index < -0.39 is 17.3 Å². The Morgan fingerprint density at radius 2 is 1.76 bits per heavy atom. The van der Waals surface area contributed by atoms with Gasteiger partial charge in [-0.25, -0.2) is 0 Å². The Bertz CT molecular complexity index is 637. The minimum absolute atomic E-state index is 0.0559. The second-order valence-electron chi connectivity index (χ2n) is 6.52. The van der Waals surface area contributed by atoms with Crippen LogP contribution in [-0.4, -0.2) is 34.4 Å². The monoisotopic (exact) mass is 364 g/mol. The second-order valence-corrected chi connectivity index (χ2v) is 7.75. The van der Waals surface area contributed by atoms with E-state index in [1.54, 1.807) is 36.0 Å². The normalized spacial score (nSPS) is 16.3. The van der Waals surface area contributed by atoms with Crippen LogP contribution in [0.2, 0.25) is 0 Å². The first kappa shape index (κ1) is 19.3. The summed E-state index contributed by atoms with van der Waals surface area (Å²) < 4.78 is 0. The van der Waals surface area contributed by atoms with Crippen LogP contribution in [0.1, 0.15) is 32.3 Å². The van der Waals surface area contributed by atoms with Gasteiger partial charge in [0.25, 0.3) is 0 Å². The minimum Gasteiger partial charge on any atom is -0.480 e. The molecule has 25 heavy (non-hydrogen) atoms. The minimum atomic E-state index is -1.31. The summed E-state index contributed by atoms with van der Waals surface area (Å²) in [7, 11) is 0. The Morgan fingerprint density at radius 1 is 1.16 bits per heavy atom. The Morgan fingerprint density at radius 3 is 2.28 bits per heavy atom. The van der Waals surface area contributed by atoms with E-state index in [0.717, 1.165) is 5.56 Å². The summed E-state index contributed by atoms with van der Waals surface area (Å²) in [5.74, 6) is -0.248. The number of rotatable bonds is 6. The molecule has 0 aromatic heterocycles. The quantitative estimate of drug-likeness (QED) is 0.674. The van der Waals surface area contributed by atoms with Gasteiger partial charge in [0.15, 0.2) is 0 Å². The summed E-state index contributed by atoms with van der Waals surface area (Å²) in [6.45, 7) is 3.90. The number of carboxylic acids is 1. The maximum Gasteiger partial charge on any atom is 0.319 e. The molecule has 0 bridgehead atoms. The molecule has 1 saturated heterocycles. The molecule has 136 valence electrons. The highest BCUT2D eigenvalue weighted by Gasteiger charge is 2.46. The number of thioether (sulfide) groups is 1. The van der Waals surface area contributed by atoms with Gasteiger partial charge >= 0.3 is 5.97 Å². The third-order valence-electron chi connectivity index (χ3n) is 4.39.